The van der Waals surface area contributed by atoms with E-state index in [2.05, 4.69) is 10.3 Å². The number of nitrogens with two attached hydrogens (primary N) is 1. The van der Waals surface area contributed by atoms with E-state index < -0.39 is 23.0 Å². The predicted octanol–water partition coefficient (Wildman–Crippen LogP) is 1.98. The molecule has 2 fully saturated rings. The SMILES string of the molecule is CC(C)(N)c1cn(C2CCN(C(=O)C3(C(F)(F)F)CC3)CC2)nn1. The number of hydrogen-bond donors (Lipinski definition) is 1. The van der Waals surface area contributed by atoms with E-state index in [1.54, 1.807) is 10.9 Å². The molecule has 6 nitrogen and oxygen atoms in total. The third kappa shape index (κ3) is 2.89. The van der Waals surface area contributed by atoms with Gasteiger partial charge in [-0.25, -0.2) is 4.68 Å². The third-order valence-corrected chi connectivity index (χ3v) is 5.00. The molecule has 1 aliphatic carbocycles. The summed E-state index contributed by atoms with van der Waals surface area (Å²) in [5.74, 6) is -0.768. The van der Waals surface area contributed by atoms with Gasteiger partial charge in [-0.05, 0) is 39.5 Å². The first-order valence-electron chi connectivity index (χ1n) is 8.12. The second-order valence-corrected chi connectivity index (χ2v) is 7.41. The zero-order chi connectivity index (χ0) is 17.8. The van der Waals surface area contributed by atoms with Gasteiger partial charge >= 0.3 is 6.18 Å². The van der Waals surface area contributed by atoms with Gasteiger partial charge in [0, 0.05) is 13.1 Å². The number of amides is 1. The average Bonchev–Trinajstić information content (AvgIpc) is 3.16. The number of alkyl halides is 3. The number of piperidine rings is 1. The Balaban J connectivity index is 1.62. The van der Waals surface area contributed by atoms with Crippen LogP contribution in [0.2, 0.25) is 0 Å². The van der Waals surface area contributed by atoms with Crippen LogP contribution >= 0.6 is 0 Å². The van der Waals surface area contributed by atoms with Crippen molar-refractivity contribution in [3.63, 3.8) is 0 Å². The van der Waals surface area contributed by atoms with Crippen LogP contribution in [-0.4, -0.2) is 45.1 Å². The number of carbonyl (C=O) groups excluding carboxylic acids is 1. The summed E-state index contributed by atoms with van der Waals surface area (Å²) in [7, 11) is 0. The molecule has 0 spiro atoms. The lowest BCUT2D eigenvalue weighted by Gasteiger charge is -2.34. The minimum atomic E-state index is -4.45. The van der Waals surface area contributed by atoms with Crippen LogP contribution in [0, 0.1) is 5.41 Å². The Kier molecular flexibility index (Phi) is 3.89. The normalized spacial score (nSPS) is 21.8. The van der Waals surface area contributed by atoms with Gasteiger partial charge in [0.25, 0.3) is 0 Å². The molecule has 0 radical (unpaired) electrons. The maximum absolute atomic E-state index is 13.1. The van der Waals surface area contributed by atoms with E-state index in [9.17, 15) is 18.0 Å². The van der Waals surface area contributed by atoms with Gasteiger partial charge in [0.15, 0.2) is 0 Å². The van der Waals surface area contributed by atoms with E-state index in [1.807, 2.05) is 13.8 Å². The van der Waals surface area contributed by atoms with E-state index in [4.69, 9.17) is 5.73 Å². The van der Waals surface area contributed by atoms with Crippen LogP contribution in [-0.2, 0) is 10.3 Å². The predicted molar refractivity (Wildman–Crippen MR) is 79.8 cm³/mol. The molecule has 1 aromatic heterocycles. The highest BCUT2D eigenvalue weighted by Crippen LogP contribution is 2.58. The quantitative estimate of drug-likeness (QED) is 0.909. The maximum Gasteiger partial charge on any atom is 0.403 e. The molecule has 0 unspecified atom stereocenters. The summed E-state index contributed by atoms with van der Waals surface area (Å²) < 4.78 is 40.9. The topological polar surface area (TPSA) is 77.0 Å². The van der Waals surface area contributed by atoms with Crippen LogP contribution in [0.15, 0.2) is 6.20 Å². The first-order valence-corrected chi connectivity index (χ1v) is 8.12. The van der Waals surface area contributed by atoms with Crippen molar-refractivity contribution in [1.82, 2.24) is 19.9 Å². The summed E-state index contributed by atoms with van der Waals surface area (Å²) >= 11 is 0. The van der Waals surface area contributed by atoms with Gasteiger partial charge in [0.2, 0.25) is 5.91 Å². The number of aromatic nitrogens is 3. The molecule has 9 heteroatoms. The third-order valence-electron chi connectivity index (χ3n) is 5.00. The van der Waals surface area contributed by atoms with Gasteiger partial charge in [0.05, 0.1) is 17.8 Å². The Morgan fingerprint density at radius 1 is 1.29 bits per heavy atom. The van der Waals surface area contributed by atoms with Crippen LogP contribution in [0.4, 0.5) is 13.2 Å². The lowest BCUT2D eigenvalue weighted by atomic mass is 9.99. The fourth-order valence-corrected chi connectivity index (χ4v) is 3.13. The van der Waals surface area contributed by atoms with Crippen molar-refractivity contribution < 1.29 is 18.0 Å². The van der Waals surface area contributed by atoms with Crippen molar-refractivity contribution >= 4 is 5.91 Å². The van der Waals surface area contributed by atoms with Crippen molar-refractivity contribution in [3.05, 3.63) is 11.9 Å². The molecule has 0 bridgehead atoms. The van der Waals surface area contributed by atoms with Crippen molar-refractivity contribution in [2.24, 2.45) is 11.1 Å². The fourth-order valence-electron chi connectivity index (χ4n) is 3.13. The number of rotatable bonds is 3. The second-order valence-electron chi connectivity index (χ2n) is 7.41. The summed E-state index contributed by atoms with van der Waals surface area (Å²) in [5.41, 5.74) is 3.93. The monoisotopic (exact) mass is 345 g/mol. The van der Waals surface area contributed by atoms with Crippen LogP contribution < -0.4 is 5.73 Å². The van der Waals surface area contributed by atoms with E-state index in [1.165, 1.54) is 4.90 Å². The molecule has 1 aromatic rings. The van der Waals surface area contributed by atoms with Crippen LogP contribution in [0.1, 0.15) is 51.3 Å². The van der Waals surface area contributed by atoms with Crippen LogP contribution in [0.3, 0.4) is 0 Å². The fraction of sp³-hybridized carbons (Fsp3) is 0.800. The van der Waals surface area contributed by atoms with E-state index >= 15 is 0 Å². The zero-order valence-electron chi connectivity index (χ0n) is 13.8. The highest BCUT2D eigenvalue weighted by atomic mass is 19.4. The zero-order valence-corrected chi connectivity index (χ0v) is 13.8. The minimum absolute atomic E-state index is 0.0266. The summed E-state index contributed by atoms with van der Waals surface area (Å²) in [6.45, 7) is 4.27. The van der Waals surface area contributed by atoms with Crippen molar-refractivity contribution in [1.29, 1.82) is 0 Å². The van der Waals surface area contributed by atoms with Gasteiger partial charge in [-0.15, -0.1) is 5.10 Å². The van der Waals surface area contributed by atoms with Crippen molar-refractivity contribution in [2.45, 2.75) is 57.3 Å². The Morgan fingerprint density at radius 3 is 2.29 bits per heavy atom. The summed E-state index contributed by atoms with van der Waals surface area (Å²) in [6.07, 6.45) is -1.73. The number of nitrogens with zero attached hydrogens (tertiary/aromatic N) is 4. The molecule has 1 saturated carbocycles. The Bertz CT molecular complexity index is 622. The van der Waals surface area contributed by atoms with E-state index in [-0.39, 0.29) is 18.9 Å². The number of hydrogen-bond acceptors (Lipinski definition) is 4. The molecule has 0 aromatic carbocycles. The van der Waals surface area contributed by atoms with Gasteiger partial charge < -0.3 is 10.6 Å². The maximum atomic E-state index is 13.1. The molecule has 2 aliphatic rings. The van der Waals surface area contributed by atoms with E-state index in [0.717, 1.165) is 0 Å². The molecule has 1 saturated heterocycles. The molecule has 3 rings (SSSR count). The molecule has 1 aliphatic heterocycles. The lowest BCUT2D eigenvalue weighted by Crippen LogP contribution is -2.47. The van der Waals surface area contributed by atoms with Gasteiger partial charge in [0.1, 0.15) is 11.1 Å². The smallest absolute Gasteiger partial charge is 0.342 e. The lowest BCUT2D eigenvalue weighted by molar-refractivity contribution is -0.199. The summed E-state index contributed by atoms with van der Waals surface area (Å²) in [5, 5.41) is 8.14. The highest BCUT2D eigenvalue weighted by Gasteiger charge is 2.69. The first kappa shape index (κ1) is 17.2. The number of likely N-dealkylation sites (tertiary alicyclic amines) is 1. The molecule has 0 atom stereocenters. The average molecular weight is 345 g/mol. The molecule has 134 valence electrons. The molecule has 2 heterocycles. The van der Waals surface area contributed by atoms with Crippen molar-refractivity contribution in [3.8, 4) is 0 Å². The molecule has 2 N–H and O–H groups in total. The Morgan fingerprint density at radius 2 is 1.88 bits per heavy atom. The minimum Gasteiger partial charge on any atom is -0.342 e. The highest BCUT2D eigenvalue weighted by molar-refractivity contribution is 5.86. The van der Waals surface area contributed by atoms with Crippen LogP contribution in [0.25, 0.3) is 0 Å². The standard InChI is InChI=1S/C15H22F3N5O/c1-13(2,19)11-9-23(21-20-11)10-3-7-22(8-4-10)12(24)14(5-6-14)15(16,17)18/h9-10H,3-8,19H2,1-2H3. The molecular formula is C15H22F3N5O. The molecular weight excluding hydrogens is 323 g/mol. The number of carbonyl (C=O) groups is 1. The largest absolute Gasteiger partial charge is 0.403 e. The van der Waals surface area contributed by atoms with Gasteiger partial charge in [-0.1, -0.05) is 5.21 Å². The second kappa shape index (κ2) is 5.44. The van der Waals surface area contributed by atoms with Crippen molar-refractivity contribution in [2.75, 3.05) is 13.1 Å². The van der Waals surface area contributed by atoms with Crippen LogP contribution in [0.5, 0.6) is 0 Å². The molecule has 1 amide bonds. The summed E-state index contributed by atoms with van der Waals surface area (Å²) in [4.78, 5) is 13.6. The Labute approximate surface area is 138 Å². The van der Waals surface area contributed by atoms with E-state index in [0.29, 0.717) is 31.6 Å². The summed E-state index contributed by atoms with van der Waals surface area (Å²) in [6, 6.07) is 0.0266. The van der Waals surface area contributed by atoms with Gasteiger partial charge in [-0.2, -0.15) is 13.2 Å². The molecule has 24 heavy (non-hydrogen) atoms. The van der Waals surface area contributed by atoms with Gasteiger partial charge in [-0.3, -0.25) is 4.79 Å². The Hall–Kier alpha value is -1.64. The first-order chi connectivity index (χ1) is 11.0. The number of halogens is 3.